The molecule has 7 nitrogen and oxygen atoms in total. The maximum Gasteiger partial charge on any atom is 0.273 e. The number of nitrogens with two attached hydrogens (primary N) is 1. The second-order valence-electron chi connectivity index (χ2n) is 4.47. The van der Waals surface area contributed by atoms with Gasteiger partial charge in [-0.25, -0.2) is 13.6 Å². The van der Waals surface area contributed by atoms with Crippen LogP contribution in [-0.4, -0.2) is 28.2 Å². The summed E-state index contributed by atoms with van der Waals surface area (Å²) in [6, 6.07) is 9.35. The highest BCUT2D eigenvalue weighted by atomic mass is 32.2. The van der Waals surface area contributed by atoms with Gasteiger partial charge in [-0.2, -0.15) is 0 Å². The van der Waals surface area contributed by atoms with Crippen LogP contribution in [0.3, 0.4) is 0 Å². The largest absolute Gasteiger partial charge is 0.297 e. The lowest BCUT2D eigenvalue weighted by Gasteiger charge is -2.08. The van der Waals surface area contributed by atoms with Gasteiger partial charge in [-0.15, -0.1) is 10.2 Å². The van der Waals surface area contributed by atoms with E-state index >= 15 is 0 Å². The number of nitrogens with zero attached hydrogens (tertiary/aromatic N) is 4. The fourth-order valence-electron chi connectivity index (χ4n) is 2.27. The minimum Gasteiger partial charge on any atom is -0.297 e. The molecule has 21 heavy (non-hydrogen) atoms. The zero-order valence-electron chi connectivity index (χ0n) is 11.3. The van der Waals surface area contributed by atoms with Crippen molar-refractivity contribution in [3.8, 4) is 11.4 Å². The maximum atomic E-state index is 11.6. The Labute approximate surface area is 121 Å². The molecule has 8 heteroatoms. The van der Waals surface area contributed by atoms with E-state index in [0.717, 1.165) is 16.5 Å². The van der Waals surface area contributed by atoms with E-state index in [4.69, 9.17) is 5.14 Å². The third-order valence-electron chi connectivity index (χ3n) is 3.18. The van der Waals surface area contributed by atoms with Gasteiger partial charge in [0, 0.05) is 23.7 Å². The fraction of sp³-hybridized carbons (Fsp3) is 0.154. The summed E-state index contributed by atoms with van der Waals surface area (Å²) in [6.45, 7) is 2.20. The molecule has 0 radical (unpaired) electrons. The van der Waals surface area contributed by atoms with Crippen LogP contribution in [0.2, 0.25) is 0 Å². The van der Waals surface area contributed by atoms with E-state index in [1.807, 2.05) is 31.2 Å². The Balaban J connectivity index is 2.32. The molecule has 0 unspecified atom stereocenters. The lowest BCUT2D eigenvalue weighted by molar-refractivity contribution is 0.571. The van der Waals surface area contributed by atoms with Crippen molar-refractivity contribution in [2.75, 3.05) is 0 Å². The lowest BCUT2D eigenvalue weighted by atomic mass is 10.1. The lowest BCUT2D eigenvalue weighted by Crippen LogP contribution is -2.18. The van der Waals surface area contributed by atoms with E-state index < -0.39 is 10.0 Å². The Kier molecular flexibility index (Phi) is 3.19. The molecule has 2 N–H and O–H groups in total. The molecule has 0 atom stereocenters. The van der Waals surface area contributed by atoms with Crippen LogP contribution in [0.1, 0.15) is 6.92 Å². The molecule has 2 aromatic heterocycles. The molecular formula is C13H13N5O2S. The highest BCUT2D eigenvalue weighted by Crippen LogP contribution is 2.27. The molecule has 3 aromatic rings. The molecule has 0 fully saturated rings. The Bertz CT molecular complexity index is 912. The zero-order chi connectivity index (χ0) is 15.0. The summed E-state index contributed by atoms with van der Waals surface area (Å²) in [5.41, 5.74) is 1.57. The first-order valence-electron chi connectivity index (χ1n) is 6.32. The van der Waals surface area contributed by atoms with E-state index in [0.29, 0.717) is 12.4 Å². The summed E-state index contributed by atoms with van der Waals surface area (Å²) < 4.78 is 24.6. The van der Waals surface area contributed by atoms with Crippen LogP contribution in [-0.2, 0) is 16.6 Å². The second kappa shape index (κ2) is 4.90. The van der Waals surface area contributed by atoms with E-state index in [1.54, 1.807) is 12.3 Å². The molecule has 0 aliphatic rings. The van der Waals surface area contributed by atoms with Crippen LogP contribution >= 0.6 is 0 Å². The maximum absolute atomic E-state index is 11.6. The monoisotopic (exact) mass is 303 g/mol. The molecule has 3 rings (SSSR count). The summed E-state index contributed by atoms with van der Waals surface area (Å²) >= 11 is 0. The first-order chi connectivity index (χ1) is 10.0. The van der Waals surface area contributed by atoms with Gasteiger partial charge in [-0.05, 0) is 19.1 Å². The molecule has 2 heterocycles. The normalized spacial score (nSPS) is 11.9. The van der Waals surface area contributed by atoms with Gasteiger partial charge >= 0.3 is 0 Å². The van der Waals surface area contributed by atoms with Crippen LogP contribution in [0.15, 0.2) is 41.7 Å². The van der Waals surface area contributed by atoms with Crippen molar-refractivity contribution in [2.24, 2.45) is 5.14 Å². The molecule has 1 aromatic carbocycles. The highest BCUT2D eigenvalue weighted by molar-refractivity contribution is 7.89. The smallest absolute Gasteiger partial charge is 0.273 e. The fourth-order valence-corrected chi connectivity index (χ4v) is 2.95. The molecule has 0 amide bonds. The van der Waals surface area contributed by atoms with Crippen LogP contribution in [0, 0.1) is 0 Å². The van der Waals surface area contributed by atoms with Crippen LogP contribution in [0.5, 0.6) is 0 Å². The number of aromatic nitrogens is 4. The number of primary sulfonamides is 1. The number of hydrogen-bond donors (Lipinski definition) is 1. The molecule has 0 aliphatic carbocycles. The van der Waals surface area contributed by atoms with Gasteiger partial charge in [0.15, 0.2) is 5.82 Å². The average molecular weight is 303 g/mol. The Morgan fingerprint density at radius 1 is 1.19 bits per heavy atom. The second-order valence-corrected chi connectivity index (χ2v) is 5.93. The Morgan fingerprint density at radius 2 is 1.95 bits per heavy atom. The molecule has 0 aliphatic heterocycles. The quantitative estimate of drug-likeness (QED) is 0.782. The number of rotatable bonds is 3. The predicted octanol–water partition coefficient (Wildman–Crippen LogP) is 1.16. The van der Waals surface area contributed by atoms with Crippen molar-refractivity contribution in [1.82, 2.24) is 19.7 Å². The predicted molar refractivity (Wildman–Crippen MR) is 77.8 cm³/mol. The first kappa shape index (κ1) is 13.7. The first-order valence-corrected chi connectivity index (χ1v) is 7.87. The third kappa shape index (κ3) is 2.28. The standard InChI is InChI=1S/C13H13N5O2S/c1-2-18-12(16-17-13(18)21(14,19)20)10-7-8-15-11-6-4-3-5-9(10)11/h3-8H,2H2,1H3,(H2,14,19,20). The van der Waals surface area contributed by atoms with Gasteiger partial charge in [0.1, 0.15) is 0 Å². The van der Waals surface area contributed by atoms with Gasteiger partial charge in [0.05, 0.1) is 5.52 Å². The molecular weight excluding hydrogens is 290 g/mol. The molecule has 0 bridgehead atoms. The number of pyridine rings is 1. The van der Waals surface area contributed by atoms with Crippen LogP contribution in [0.4, 0.5) is 0 Å². The van der Waals surface area contributed by atoms with Gasteiger partial charge in [-0.3, -0.25) is 9.55 Å². The van der Waals surface area contributed by atoms with Gasteiger partial charge in [0.25, 0.3) is 15.2 Å². The molecule has 0 spiro atoms. The van der Waals surface area contributed by atoms with Crippen molar-refractivity contribution < 1.29 is 8.42 Å². The highest BCUT2D eigenvalue weighted by Gasteiger charge is 2.21. The van der Waals surface area contributed by atoms with Gasteiger partial charge in [-0.1, -0.05) is 18.2 Å². The van der Waals surface area contributed by atoms with Crippen molar-refractivity contribution in [3.63, 3.8) is 0 Å². The average Bonchev–Trinajstić information content (AvgIpc) is 2.90. The number of sulfonamides is 1. The van der Waals surface area contributed by atoms with E-state index in [-0.39, 0.29) is 5.16 Å². The summed E-state index contributed by atoms with van der Waals surface area (Å²) in [5.74, 6) is 0.458. The minimum absolute atomic E-state index is 0.235. The molecule has 108 valence electrons. The van der Waals surface area contributed by atoms with Crippen molar-refractivity contribution in [1.29, 1.82) is 0 Å². The molecule has 0 saturated heterocycles. The topological polar surface area (TPSA) is 104 Å². The Hall–Kier alpha value is -2.32. The zero-order valence-corrected chi connectivity index (χ0v) is 12.1. The van der Waals surface area contributed by atoms with E-state index in [2.05, 4.69) is 15.2 Å². The summed E-state index contributed by atoms with van der Waals surface area (Å²) in [6.07, 6.45) is 1.66. The third-order valence-corrected chi connectivity index (χ3v) is 3.99. The van der Waals surface area contributed by atoms with Crippen LogP contribution in [0.25, 0.3) is 22.3 Å². The van der Waals surface area contributed by atoms with Gasteiger partial charge in [0.2, 0.25) is 0 Å². The van der Waals surface area contributed by atoms with Crippen molar-refractivity contribution in [2.45, 2.75) is 18.6 Å². The number of para-hydroxylation sites is 1. The van der Waals surface area contributed by atoms with Crippen molar-refractivity contribution >= 4 is 20.9 Å². The van der Waals surface area contributed by atoms with E-state index in [9.17, 15) is 8.42 Å². The van der Waals surface area contributed by atoms with E-state index in [1.165, 1.54) is 4.57 Å². The Morgan fingerprint density at radius 3 is 2.67 bits per heavy atom. The SMILES string of the molecule is CCn1c(-c2ccnc3ccccc23)nnc1S(N)(=O)=O. The van der Waals surface area contributed by atoms with Gasteiger partial charge < -0.3 is 0 Å². The number of hydrogen-bond acceptors (Lipinski definition) is 5. The summed E-state index contributed by atoms with van der Waals surface area (Å²) in [4.78, 5) is 4.28. The number of fused-ring (bicyclic) bond motifs is 1. The summed E-state index contributed by atoms with van der Waals surface area (Å²) in [7, 11) is -3.91. The minimum atomic E-state index is -3.91. The van der Waals surface area contributed by atoms with Crippen LogP contribution < -0.4 is 5.14 Å². The summed E-state index contributed by atoms with van der Waals surface area (Å²) in [5, 5.41) is 13.5. The molecule has 0 saturated carbocycles. The number of benzene rings is 1. The van der Waals surface area contributed by atoms with Crippen molar-refractivity contribution in [3.05, 3.63) is 36.5 Å².